The third-order valence-electron chi connectivity index (χ3n) is 7.03. The molecular formula is C20H34N4O3. The Morgan fingerprint density at radius 1 is 1.00 bits per heavy atom. The van der Waals surface area contributed by atoms with Gasteiger partial charge in [0.1, 0.15) is 0 Å². The van der Waals surface area contributed by atoms with E-state index in [0.29, 0.717) is 30.8 Å². The lowest BCUT2D eigenvalue weighted by atomic mass is 9.89. The fourth-order valence-corrected chi connectivity index (χ4v) is 5.59. The summed E-state index contributed by atoms with van der Waals surface area (Å²) in [6.07, 6.45) is 8.85. The SMILES string of the molecule is CCOC(=O)N1CCC(N2CCC(N3C(=O)NC4CCCCC43)CC2)CC1. The van der Waals surface area contributed by atoms with Crippen LogP contribution in [0.4, 0.5) is 9.59 Å². The second-order valence-electron chi connectivity index (χ2n) is 8.50. The van der Waals surface area contributed by atoms with Crippen LogP contribution in [0.3, 0.4) is 0 Å². The Kier molecular flexibility index (Phi) is 5.76. The number of nitrogens with zero attached hydrogens (tertiary/aromatic N) is 3. The molecule has 3 heterocycles. The molecule has 0 spiro atoms. The number of fused-ring (bicyclic) bond motifs is 1. The number of carbonyl (C=O) groups is 2. The zero-order chi connectivity index (χ0) is 18.8. The number of amides is 3. The van der Waals surface area contributed by atoms with Crippen LogP contribution in [0.1, 0.15) is 58.3 Å². The van der Waals surface area contributed by atoms with Crippen LogP contribution >= 0.6 is 0 Å². The van der Waals surface area contributed by atoms with Gasteiger partial charge in [-0.2, -0.15) is 0 Å². The number of ether oxygens (including phenoxy) is 1. The maximum absolute atomic E-state index is 12.5. The Morgan fingerprint density at radius 3 is 2.37 bits per heavy atom. The van der Waals surface area contributed by atoms with Crippen LogP contribution in [0.25, 0.3) is 0 Å². The Balaban J connectivity index is 1.26. The number of nitrogens with one attached hydrogen (secondary N) is 1. The van der Waals surface area contributed by atoms with Crippen molar-refractivity contribution in [2.45, 2.75) is 82.5 Å². The van der Waals surface area contributed by atoms with E-state index in [1.54, 1.807) is 0 Å². The molecule has 1 aliphatic carbocycles. The average molecular weight is 379 g/mol. The van der Waals surface area contributed by atoms with Crippen molar-refractivity contribution >= 4 is 12.1 Å². The number of urea groups is 1. The van der Waals surface area contributed by atoms with Crippen molar-refractivity contribution in [1.82, 2.24) is 20.0 Å². The smallest absolute Gasteiger partial charge is 0.409 e. The molecule has 7 nitrogen and oxygen atoms in total. The molecule has 152 valence electrons. The minimum atomic E-state index is -0.170. The Labute approximate surface area is 162 Å². The van der Waals surface area contributed by atoms with E-state index in [9.17, 15) is 9.59 Å². The van der Waals surface area contributed by atoms with Gasteiger partial charge in [-0.05, 0) is 45.4 Å². The van der Waals surface area contributed by atoms with Crippen LogP contribution < -0.4 is 5.32 Å². The number of hydrogen-bond donors (Lipinski definition) is 1. The average Bonchev–Trinajstić information content (AvgIpc) is 3.04. The van der Waals surface area contributed by atoms with Crippen molar-refractivity contribution in [3.05, 3.63) is 0 Å². The Morgan fingerprint density at radius 2 is 1.67 bits per heavy atom. The third kappa shape index (κ3) is 3.89. The van der Waals surface area contributed by atoms with Crippen LogP contribution in [-0.2, 0) is 4.74 Å². The normalized spacial score (nSPS) is 30.9. The first-order valence-corrected chi connectivity index (χ1v) is 10.9. The number of rotatable bonds is 3. The van der Waals surface area contributed by atoms with Crippen molar-refractivity contribution in [2.24, 2.45) is 0 Å². The van der Waals surface area contributed by atoms with E-state index < -0.39 is 0 Å². The number of hydrogen-bond acceptors (Lipinski definition) is 4. The van der Waals surface area contributed by atoms with Gasteiger partial charge in [-0.1, -0.05) is 12.8 Å². The summed E-state index contributed by atoms with van der Waals surface area (Å²) in [5.41, 5.74) is 0. The third-order valence-corrected chi connectivity index (χ3v) is 7.03. The van der Waals surface area contributed by atoms with Gasteiger partial charge in [0, 0.05) is 38.3 Å². The molecule has 7 heteroatoms. The molecular weight excluding hydrogens is 344 g/mol. The van der Waals surface area contributed by atoms with Crippen LogP contribution in [-0.4, -0.2) is 83.8 Å². The molecule has 2 unspecified atom stereocenters. The molecule has 3 saturated heterocycles. The first kappa shape index (κ1) is 18.8. The van der Waals surface area contributed by atoms with Crippen LogP contribution in [0.15, 0.2) is 0 Å². The Hall–Kier alpha value is -1.50. The van der Waals surface area contributed by atoms with Gasteiger partial charge in [-0.25, -0.2) is 9.59 Å². The van der Waals surface area contributed by atoms with E-state index in [-0.39, 0.29) is 12.1 Å². The number of piperidine rings is 2. The summed E-state index contributed by atoms with van der Waals surface area (Å²) in [4.78, 5) is 31.0. The van der Waals surface area contributed by atoms with E-state index in [4.69, 9.17) is 4.74 Å². The predicted octanol–water partition coefficient (Wildman–Crippen LogP) is 2.41. The van der Waals surface area contributed by atoms with Gasteiger partial charge in [-0.15, -0.1) is 0 Å². The molecule has 0 aromatic carbocycles. The minimum Gasteiger partial charge on any atom is -0.450 e. The summed E-state index contributed by atoms with van der Waals surface area (Å²) in [5.74, 6) is 0. The highest BCUT2D eigenvalue weighted by Crippen LogP contribution is 2.33. The molecule has 4 rings (SSSR count). The maximum atomic E-state index is 12.5. The molecule has 1 saturated carbocycles. The van der Waals surface area contributed by atoms with E-state index in [2.05, 4.69) is 15.1 Å². The first-order valence-electron chi connectivity index (χ1n) is 10.9. The number of likely N-dealkylation sites (tertiary alicyclic amines) is 2. The monoisotopic (exact) mass is 378 g/mol. The highest BCUT2D eigenvalue weighted by Gasteiger charge is 2.44. The highest BCUT2D eigenvalue weighted by atomic mass is 16.6. The zero-order valence-electron chi connectivity index (χ0n) is 16.6. The Bertz CT molecular complexity index is 541. The van der Waals surface area contributed by atoms with Gasteiger partial charge in [-0.3, -0.25) is 0 Å². The molecule has 0 aromatic heterocycles. The van der Waals surface area contributed by atoms with Crippen molar-refractivity contribution in [1.29, 1.82) is 0 Å². The molecule has 4 aliphatic rings. The minimum absolute atomic E-state index is 0.170. The van der Waals surface area contributed by atoms with Crippen LogP contribution in [0.2, 0.25) is 0 Å². The molecule has 3 aliphatic heterocycles. The van der Waals surface area contributed by atoms with Crippen LogP contribution in [0.5, 0.6) is 0 Å². The van der Waals surface area contributed by atoms with E-state index >= 15 is 0 Å². The van der Waals surface area contributed by atoms with Crippen molar-refractivity contribution in [3.8, 4) is 0 Å². The molecule has 27 heavy (non-hydrogen) atoms. The predicted molar refractivity (Wildman–Crippen MR) is 103 cm³/mol. The highest BCUT2D eigenvalue weighted by molar-refractivity contribution is 5.78. The fourth-order valence-electron chi connectivity index (χ4n) is 5.59. The van der Waals surface area contributed by atoms with Crippen molar-refractivity contribution < 1.29 is 14.3 Å². The lowest BCUT2D eigenvalue weighted by Gasteiger charge is -2.44. The quantitative estimate of drug-likeness (QED) is 0.819. The van der Waals surface area contributed by atoms with Gasteiger partial charge in [0.05, 0.1) is 18.7 Å². The van der Waals surface area contributed by atoms with Crippen LogP contribution in [0, 0.1) is 0 Å². The largest absolute Gasteiger partial charge is 0.450 e. The molecule has 2 atom stereocenters. The summed E-state index contributed by atoms with van der Waals surface area (Å²) in [6.45, 7) is 6.01. The van der Waals surface area contributed by atoms with Gasteiger partial charge in [0.15, 0.2) is 0 Å². The maximum Gasteiger partial charge on any atom is 0.409 e. The second kappa shape index (κ2) is 8.25. The second-order valence-corrected chi connectivity index (χ2v) is 8.50. The first-order chi connectivity index (χ1) is 13.2. The lowest BCUT2D eigenvalue weighted by Crippen LogP contribution is -2.53. The van der Waals surface area contributed by atoms with E-state index in [1.165, 1.54) is 12.8 Å². The van der Waals surface area contributed by atoms with Gasteiger partial charge < -0.3 is 24.8 Å². The zero-order valence-corrected chi connectivity index (χ0v) is 16.6. The standard InChI is InChI=1S/C20H34N4O3/c1-2-27-20(26)23-13-7-15(8-14-23)22-11-9-16(10-12-22)24-18-6-4-3-5-17(18)21-19(24)25/h15-18H,2-14H2,1H3,(H,21,25). The van der Waals surface area contributed by atoms with Gasteiger partial charge in [0.2, 0.25) is 0 Å². The lowest BCUT2D eigenvalue weighted by molar-refractivity contribution is 0.0490. The molecule has 0 bridgehead atoms. The molecule has 0 aromatic rings. The van der Waals surface area contributed by atoms with Crippen molar-refractivity contribution in [2.75, 3.05) is 32.8 Å². The number of carbonyl (C=O) groups excluding carboxylic acids is 2. The summed E-state index contributed by atoms with van der Waals surface area (Å²) >= 11 is 0. The molecule has 4 fully saturated rings. The van der Waals surface area contributed by atoms with Gasteiger partial charge >= 0.3 is 12.1 Å². The molecule has 3 amide bonds. The fraction of sp³-hybridized carbons (Fsp3) is 0.900. The van der Waals surface area contributed by atoms with Gasteiger partial charge in [0.25, 0.3) is 0 Å². The summed E-state index contributed by atoms with van der Waals surface area (Å²) < 4.78 is 5.12. The summed E-state index contributed by atoms with van der Waals surface area (Å²) in [7, 11) is 0. The summed E-state index contributed by atoms with van der Waals surface area (Å²) in [5, 5.41) is 3.23. The van der Waals surface area contributed by atoms with E-state index in [0.717, 1.165) is 64.7 Å². The topological polar surface area (TPSA) is 65.1 Å². The summed E-state index contributed by atoms with van der Waals surface area (Å²) in [6, 6.07) is 1.95. The van der Waals surface area contributed by atoms with E-state index in [1.807, 2.05) is 11.8 Å². The molecule has 1 N–H and O–H groups in total. The van der Waals surface area contributed by atoms with Crippen molar-refractivity contribution in [3.63, 3.8) is 0 Å². The molecule has 0 radical (unpaired) electrons.